The number of carbonyl (C=O) groups is 1. The first-order valence-corrected chi connectivity index (χ1v) is 5.78. The number of alkyl halides is 3. The van der Waals surface area contributed by atoms with Gasteiger partial charge in [0.1, 0.15) is 11.6 Å². The maximum absolute atomic E-state index is 13.9. The van der Waals surface area contributed by atoms with E-state index in [2.05, 4.69) is 10.7 Å². The van der Waals surface area contributed by atoms with Crippen LogP contribution in [0.1, 0.15) is 18.9 Å². The standard InChI is InChI=1S/C13H8F5NO2/c1-2-3-6-12(13(16,17)18)9-7(14)4-5-8(15)10(9)19-11(20)21-12/h4-5H,2H2,1H3,(H,19,20). The molecule has 1 amide bonds. The highest BCUT2D eigenvalue weighted by atomic mass is 19.4. The maximum atomic E-state index is 13.9. The van der Waals surface area contributed by atoms with Crippen molar-refractivity contribution >= 4 is 11.8 Å². The molecule has 112 valence electrons. The third kappa shape index (κ3) is 2.28. The van der Waals surface area contributed by atoms with Crippen molar-refractivity contribution < 1.29 is 31.5 Å². The summed E-state index contributed by atoms with van der Waals surface area (Å²) >= 11 is 0. The van der Waals surface area contributed by atoms with Crippen molar-refractivity contribution in [2.45, 2.75) is 25.1 Å². The van der Waals surface area contributed by atoms with Gasteiger partial charge in [-0.2, -0.15) is 13.2 Å². The van der Waals surface area contributed by atoms with Crippen LogP contribution in [0.15, 0.2) is 12.1 Å². The quantitative estimate of drug-likeness (QED) is 0.586. The SMILES string of the molecule is CCC#CC1(C(F)(F)F)OC(=O)Nc2c(F)ccc(F)c21. The fourth-order valence-electron chi connectivity index (χ4n) is 1.91. The van der Waals surface area contributed by atoms with Crippen LogP contribution in [0.3, 0.4) is 0 Å². The number of carbonyl (C=O) groups excluding carboxylic acids is 1. The van der Waals surface area contributed by atoms with Gasteiger partial charge < -0.3 is 4.74 Å². The first kappa shape index (κ1) is 15.1. The highest BCUT2D eigenvalue weighted by Gasteiger charge is 2.63. The summed E-state index contributed by atoms with van der Waals surface area (Å²) in [6.07, 6.45) is -6.79. The number of rotatable bonds is 0. The number of hydrogen-bond acceptors (Lipinski definition) is 2. The van der Waals surface area contributed by atoms with Crippen molar-refractivity contribution in [2.75, 3.05) is 5.32 Å². The molecule has 1 N–H and O–H groups in total. The van der Waals surface area contributed by atoms with E-state index in [4.69, 9.17) is 0 Å². The molecule has 0 radical (unpaired) electrons. The molecule has 0 aliphatic carbocycles. The molecule has 1 atom stereocenters. The Labute approximate surface area is 116 Å². The summed E-state index contributed by atoms with van der Waals surface area (Å²) < 4.78 is 71.9. The molecule has 0 saturated carbocycles. The Hall–Kier alpha value is -2.30. The summed E-state index contributed by atoms with van der Waals surface area (Å²) in [7, 11) is 0. The largest absolute Gasteiger partial charge is 0.445 e. The molecule has 1 aliphatic heterocycles. The third-order valence-electron chi connectivity index (χ3n) is 2.77. The van der Waals surface area contributed by atoms with E-state index in [9.17, 15) is 26.7 Å². The lowest BCUT2D eigenvalue weighted by atomic mass is 9.89. The van der Waals surface area contributed by atoms with Gasteiger partial charge in [-0.05, 0) is 18.1 Å². The summed E-state index contributed by atoms with van der Waals surface area (Å²) in [5, 5.41) is 1.73. The minimum atomic E-state index is -5.24. The van der Waals surface area contributed by atoms with Crippen molar-refractivity contribution in [1.82, 2.24) is 0 Å². The Kier molecular flexibility index (Phi) is 3.53. The lowest BCUT2D eigenvalue weighted by Gasteiger charge is -2.35. The Morgan fingerprint density at radius 3 is 2.48 bits per heavy atom. The van der Waals surface area contributed by atoms with Gasteiger partial charge in [-0.15, -0.1) is 0 Å². The Morgan fingerprint density at radius 1 is 1.29 bits per heavy atom. The van der Waals surface area contributed by atoms with Crippen LogP contribution in [0.5, 0.6) is 0 Å². The zero-order chi connectivity index (χ0) is 15.8. The van der Waals surface area contributed by atoms with E-state index in [1.165, 1.54) is 6.92 Å². The molecule has 0 aromatic heterocycles. The highest BCUT2D eigenvalue weighted by Crippen LogP contribution is 2.48. The van der Waals surface area contributed by atoms with E-state index in [-0.39, 0.29) is 6.42 Å². The fraction of sp³-hybridized carbons (Fsp3) is 0.308. The van der Waals surface area contributed by atoms with Crippen molar-refractivity contribution in [3.05, 3.63) is 29.3 Å². The summed E-state index contributed by atoms with van der Waals surface area (Å²) in [4.78, 5) is 11.3. The van der Waals surface area contributed by atoms with E-state index in [0.717, 1.165) is 0 Å². The molecule has 0 saturated heterocycles. The zero-order valence-electron chi connectivity index (χ0n) is 10.6. The van der Waals surface area contributed by atoms with Crippen LogP contribution in [0, 0.1) is 23.5 Å². The van der Waals surface area contributed by atoms with Crippen LogP contribution >= 0.6 is 0 Å². The van der Waals surface area contributed by atoms with Gasteiger partial charge in [0, 0.05) is 6.42 Å². The van der Waals surface area contributed by atoms with Crippen LogP contribution in [0.25, 0.3) is 0 Å². The van der Waals surface area contributed by atoms with E-state index in [0.29, 0.717) is 12.1 Å². The second kappa shape index (κ2) is 4.91. The smallest absolute Gasteiger partial charge is 0.415 e. The lowest BCUT2D eigenvalue weighted by molar-refractivity contribution is -0.240. The molecule has 1 heterocycles. The average Bonchev–Trinajstić information content (AvgIpc) is 2.38. The predicted molar refractivity (Wildman–Crippen MR) is 62.3 cm³/mol. The van der Waals surface area contributed by atoms with Gasteiger partial charge in [0.05, 0.1) is 11.3 Å². The second-order valence-electron chi connectivity index (χ2n) is 4.13. The first-order chi connectivity index (χ1) is 9.73. The van der Waals surface area contributed by atoms with Crippen molar-refractivity contribution in [3.63, 3.8) is 0 Å². The van der Waals surface area contributed by atoms with Gasteiger partial charge in [-0.3, -0.25) is 5.32 Å². The Balaban J connectivity index is 2.86. The Bertz CT molecular complexity index is 659. The van der Waals surface area contributed by atoms with E-state index in [1.54, 1.807) is 11.2 Å². The zero-order valence-corrected chi connectivity index (χ0v) is 10.6. The monoisotopic (exact) mass is 305 g/mol. The molecule has 3 nitrogen and oxygen atoms in total. The number of nitrogens with one attached hydrogen (secondary N) is 1. The van der Waals surface area contributed by atoms with Gasteiger partial charge in [0.15, 0.2) is 0 Å². The normalized spacial score (nSPS) is 20.8. The van der Waals surface area contributed by atoms with Crippen LogP contribution in [0.2, 0.25) is 0 Å². The first-order valence-electron chi connectivity index (χ1n) is 5.78. The lowest BCUT2D eigenvalue weighted by Crippen LogP contribution is -2.50. The third-order valence-corrected chi connectivity index (χ3v) is 2.77. The minimum absolute atomic E-state index is 0.00901. The van der Waals surface area contributed by atoms with E-state index >= 15 is 0 Å². The Morgan fingerprint density at radius 2 is 1.90 bits per heavy atom. The molecule has 1 unspecified atom stereocenters. The van der Waals surface area contributed by atoms with Gasteiger partial charge in [-0.25, -0.2) is 13.6 Å². The second-order valence-corrected chi connectivity index (χ2v) is 4.13. The summed E-state index contributed by atoms with van der Waals surface area (Å²) in [5.41, 5.74) is -5.64. The number of benzene rings is 1. The molecular formula is C13H8F5NO2. The van der Waals surface area contributed by atoms with E-state index < -0.39 is 40.8 Å². The fourth-order valence-corrected chi connectivity index (χ4v) is 1.91. The van der Waals surface area contributed by atoms with Crippen LogP contribution in [-0.4, -0.2) is 12.3 Å². The summed E-state index contributed by atoms with van der Waals surface area (Å²) in [6, 6.07) is 1.12. The number of amides is 1. The van der Waals surface area contributed by atoms with Crippen LogP contribution in [0.4, 0.5) is 32.4 Å². The molecule has 0 fully saturated rings. The van der Waals surface area contributed by atoms with Crippen LogP contribution in [-0.2, 0) is 10.3 Å². The van der Waals surface area contributed by atoms with Gasteiger partial charge in [0.25, 0.3) is 5.60 Å². The molecule has 0 spiro atoms. The number of anilines is 1. The summed E-state index contributed by atoms with van der Waals surface area (Å²) in [5.74, 6) is 1.23. The van der Waals surface area contributed by atoms with Crippen molar-refractivity contribution in [1.29, 1.82) is 0 Å². The summed E-state index contributed by atoms with van der Waals surface area (Å²) in [6.45, 7) is 1.46. The van der Waals surface area contributed by atoms with Crippen LogP contribution < -0.4 is 5.32 Å². The van der Waals surface area contributed by atoms with Gasteiger partial charge in [-0.1, -0.05) is 12.8 Å². The molecule has 2 rings (SSSR count). The maximum Gasteiger partial charge on any atom is 0.445 e. The molecule has 8 heteroatoms. The molecule has 21 heavy (non-hydrogen) atoms. The molecular weight excluding hydrogens is 297 g/mol. The molecule has 1 aromatic carbocycles. The molecule has 1 aromatic rings. The number of hydrogen-bond donors (Lipinski definition) is 1. The van der Waals surface area contributed by atoms with Crippen molar-refractivity contribution in [2.24, 2.45) is 0 Å². The topological polar surface area (TPSA) is 38.3 Å². The van der Waals surface area contributed by atoms with Gasteiger partial charge in [0.2, 0.25) is 0 Å². The number of halogens is 5. The number of cyclic esters (lactones) is 1. The average molecular weight is 305 g/mol. The molecule has 1 aliphatic rings. The molecule has 0 bridgehead atoms. The number of fused-ring (bicyclic) bond motifs is 1. The minimum Gasteiger partial charge on any atom is -0.415 e. The van der Waals surface area contributed by atoms with Gasteiger partial charge >= 0.3 is 12.3 Å². The highest BCUT2D eigenvalue weighted by molar-refractivity contribution is 5.90. The predicted octanol–water partition coefficient (Wildman–Crippen LogP) is 3.70. The van der Waals surface area contributed by atoms with Crippen molar-refractivity contribution in [3.8, 4) is 11.8 Å². The number of ether oxygens (including phenoxy) is 1. The van der Waals surface area contributed by atoms with E-state index in [1.807, 2.05) is 0 Å².